The predicted octanol–water partition coefficient (Wildman–Crippen LogP) is 4.66. The van der Waals surface area contributed by atoms with Gasteiger partial charge in [0.2, 0.25) is 11.8 Å². The largest absolute Gasteiger partial charge is 0.352 e. The number of hydrogen-bond acceptors (Lipinski definition) is 6. The average Bonchev–Trinajstić information content (AvgIpc) is 3.38. The normalized spacial score (nSPS) is 23.6. The van der Waals surface area contributed by atoms with E-state index in [1.165, 1.54) is 36.4 Å². The van der Waals surface area contributed by atoms with Crippen LogP contribution in [-0.2, 0) is 9.59 Å². The zero-order valence-corrected chi connectivity index (χ0v) is 19.7. The van der Waals surface area contributed by atoms with E-state index in [-0.39, 0.29) is 22.0 Å². The number of fused-ring (bicyclic) bond motifs is 5. The molecular weight excluding hydrogens is 501 g/mol. The highest BCUT2D eigenvalue weighted by atomic mass is 35.5. The maximum Gasteiger partial charge on any atom is 0.270 e. The van der Waals surface area contributed by atoms with Gasteiger partial charge in [-0.25, -0.2) is 9.29 Å². The van der Waals surface area contributed by atoms with Gasteiger partial charge in [0.05, 0.1) is 33.5 Å². The predicted molar refractivity (Wildman–Crippen MR) is 134 cm³/mol. The molecule has 8 nitrogen and oxygen atoms in total. The van der Waals surface area contributed by atoms with Crippen molar-refractivity contribution in [2.24, 2.45) is 11.8 Å². The van der Waals surface area contributed by atoms with Crippen LogP contribution in [0.2, 0.25) is 5.02 Å². The summed E-state index contributed by atoms with van der Waals surface area (Å²) < 4.78 is 13.8. The molecule has 0 bridgehead atoms. The van der Waals surface area contributed by atoms with Gasteiger partial charge in [0.25, 0.3) is 5.69 Å². The van der Waals surface area contributed by atoms with Crippen molar-refractivity contribution in [3.8, 4) is 0 Å². The number of para-hydroxylation sites is 1. The van der Waals surface area contributed by atoms with Gasteiger partial charge in [-0.3, -0.25) is 24.5 Å². The van der Waals surface area contributed by atoms with E-state index in [2.05, 4.69) is 0 Å². The molecule has 4 atom stereocenters. The minimum absolute atomic E-state index is 0.0640. The molecule has 10 heteroatoms. The maximum absolute atomic E-state index is 14.0. The highest BCUT2D eigenvalue weighted by Gasteiger charge is 2.64. The number of benzene rings is 3. The Kier molecular flexibility index (Phi) is 5.20. The molecule has 3 aromatic carbocycles. The molecule has 3 aliphatic heterocycles. The summed E-state index contributed by atoms with van der Waals surface area (Å²) in [7, 11) is 0. The van der Waals surface area contributed by atoms with Crippen molar-refractivity contribution in [3.63, 3.8) is 0 Å². The number of imide groups is 1. The third-order valence-electron chi connectivity index (χ3n) is 7.19. The van der Waals surface area contributed by atoms with Crippen LogP contribution in [0.25, 0.3) is 6.08 Å². The molecule has 37 heavy (non-hydrogen) atoms. The molecule has 3 aromatic rings. The molecule has 0 N–H and O–H groups in total. The lowest BCUT2D eigenvalue weighted by atomic mass is 9.86. The summed E-state index contributed by atoms with van der Waals surface area (Å²) in [6, 6.07) is 14.5. The van der Waals surface area contributed by atoms with E-state index in [4.69, 9.17) is 11.6 Å². The van der Waals surface area contributed by atoms with Gasteiger partial charge in [0, 0.05) is 23.4 Å². The summed E-state index contributed by atoms with van der Waals surface area (Å²) in [6.07, 6.45) is 3.65. The summed E-state index contributed by atoms with van der Waals surface area (Å²) in [5, 5.41) is 11.1. The third-order valence-corrected chi connectivity index (χ3v) is 7.48. The lowest BCUT2D eigenvalue weighted by Gasteiger charge is -2.36. The van der Waals surface area contributed by atoms with Gasteiger partial charge < -0.3 is 4.90 Å². The number of anilines is 2. The first-order valence-corrected chi connectivity index (χ1v) is 11.8. The van der Waals surface area contributed by atoms with Crippen LogP contribution in [0.4, 0.5) is 21.5 Å². The molecule has 0 saturated carbocycles. The first kappa shape index (κ1) is 23.1. The van der Waals surface area contributed by atoms with Crippen LogP contribution < -0.4 is 9.80 Å². The molecule has 0 radical (unpaired) electrons. The fraction of sp³-hybridized carbons (Fsp3) is 0.148. The Balaban J connectivity index is 1.49. The van der Waals surface area contributed by atoms with Crippen LogP contribution in [0.15, 0.2) is 72.8 Å². The highest BCUT2D eigenvalue weighted by Crippen LogP contribution is 2.50. The fourth-order valence-corrected chi connectivity index (χ4v) is 5.81. The molecule has 2 saturated heterocycles. The summed E-state index contributed by atoms with van der Waals surface area (Å²) in [6.45, 7) is 0. The standard InChI is InChI=1S/C27H17ClFN3O5/c28-18-13-16(9-10-19(18)29)30-26(34)22-21-11-8-14-4-1-2-7-20(14)31(21)24(23(22)27(30)35)25(33)15-5-3-6-17(12-15)32(36)37/h1-13,21-24H/t21-,22-,23-,24+/m1/s1. The number of carbonyl (C=O) groups is 3. The number of ketones is 1. The van der Waals surface area contributed by atoms with Crippen molar-refractivity contribution >= 4 is 52.3 Å². The number of amides is 2. The Morgan fingerprint density at radius 3 is 2.49 bits per heavy atom. The molecule has 0 aromatic heterocycles. The van der Waals surface area contributed by atoms with Crippen molar-refractivity contribution < 1.29 is 23.7 Å². The highest BCUT2D eigenvalue weighted by molar-refractivity contribution is 6.32. The van der Waals surface area contributed by atoms with Crippen LogP contribution in [0.5, 0.6) is 0 Å². The number of nitro benzene ring substituents is 1. The van der Waals surface area contributed by atoms with Gasteiger partial charge in [0.1, 0.15) is 11.9 Å². The Morgan fingerprint density at radius 2 is 1.73 bits per heavy atom. The molecule has 6 rings (SSSR count). The van der Waals surface area contributed by atoms with Crippen molar-refractivity contribution in [3.05, 3.63) is 105 Å². The number of halogens is 2. The minimum atomic E-state index is -1.10. The van der Waals surface area contributed by atoms with Crippen LogP contribution in [0.1, 0.15) is 15.9 Å². The number of hydrogen-bond donors (Lipinski definition) is 0. The van der Waals surface area contributed by atoms with Crippen LogP contribution in [0.3, 0.4) is 0 Å². The van der Waals surface area contributed by atoms with Gasteiger partial charge in [0.15, 0.2) is 5.78 Å². The van der Waals surface area contributed by atoms with Gasteiger partial charge in [-0.2, -0.15) is 0 Å². The number of Topliss-reactive ketones (excluding diaryl/α,β-unsaturated/α-hetero) is 1. The Labute approximate surface area is 214 Å². The molecular formula is C27H17ClFN3O5. The monoisotopic (exact) mass is 517 g/mol. The van der Waals surface area contributed by atoms with Crippen molar-refractivity contribution in [1.82, 2.24) is 0 Å². The average molecular weight is 518 g/mol. The molecule has 0 spiro atoms. The van der Waals surface area contributed by atoms with Gasteiger partial charge in [-0.05, 0) is 29.8 Å². The Hall–Kier alpha value is -4.37. The number of nitrogens with zero attached hydrogens (tertiary/aromatic N) is 3. The molecule has 0 aliphatic carbocycles. The lowest BCUT2D eigenvalue weighted by Crippen LogP contribution is -2.48. The van der Waals surface area contributed by atoms with Crippen LogP contribution >= 0.6 is 11.6 Å². The smallest absolute Gasteiger partial charge is 0.270 e. The summed E-state index contributed by atoms with van der Waals surface area (Å²) in [5.74, 6) is -4.29. The first-order valence-electron chi connectivity index (χ1n) is 11.4. The number of non-ortho nitro benzene ring substituents is 1. The molecule has 3 heterocycles. The Bertz CT molecular complexity index is 1560. The molecule has 3 aliphatic rings. The zero-order chi connectivity index (χ0) is 26.0. The summed E-state index contributed by atoms with van der Waals surface area (Å²) in [4.78, 5) is 55.0. The summed E-state index contributed by atoms with van der Waals surface area (Å²) in [5.41, 5.74) is 1.42. The SMILES string of the molecule is O=C(c1cccc([N+](=O)[O-])c1)[C@@H]1[C@@H]2C(=O)N(c3ccc(F)c(Cl)c3)C(=O)[C@@H]2[C@H]2C=Cc3ccccc3N21. The zero-order valence-electron chi connectivity index (χ0n) is 19.0. The van der Waals surface area contributed by atoms with Crippen molar-refractivity contribution in [2.45, 2.75) is 12.1 Å². The first-order chi connectivity index (χ1) is 17.8. The quantitative estimate of drug-likeness (QED) is 0.216. The van der Waals surface area contributed by atoms with E-state index in [0.29, 0.717) is 5.69 Å². The van der Waals surface area contributed by atoms with E-state index in [1.807, 2.05) is 24.3 Å². The van der Waals surface area contributed by atoms with Crippen molar-refractivity contribution in [2.75, 3.05) is 9.80 Å². The maximum atomic E-state index is 14.0. The topological polar surface area (TPSA) is 101 Å². The second-order valence-corrected chi connectivity index (χ2v) is 9.50. The van der Waals surface area contributed by atoms with E-state index >= 15 is 0 Å². The molecule has 0 unspecified atom stereocenters. The van der Waals surface area contributed by atoms with Crippen molar-refractivity contribution in [1.29, 1.82) is 0 Å². The molecule has 184 valence electrons. The van der Waals surface area contributed by atoms with Gasteiger partial charge in [-0.15, -0.1) is 0 Å². The van der Waals surface area contributed by atoms with Crippen LogP contribution in [-0.4, -0.2) is 34.6 Å². The second kappa shape index (κ2) is 8.35. The number of carbonyl (C=O) groups excluding carboxylic acids is 3. The van der Waals surface area contributed by atoms with E-state index in [1.54, 1.807) is 17.0 Å². The number of rotatable bonds is 4. The van der Waals surface area contributed by atoms with Crippen LogP contribution in [0, 0.1) is 27.8 Å². The van der Waals surface area contributed by atoms with E-state index in [0.717, 1.165) is 16.5 Å². The minimum Gasteiger partial charge on any atom is -0.352 e. The Morgan fingerprint density at radius 1 is 0.973 bits per heavy atom. The van der Waals surface area contributed by atoms with E-state index < -0.39 is 52.3 Å². The van der Waals surface area contributed by atoms with Gasteiger partial charge in [-0.1, -0.05) is 54.1 Å². The fourth-order valence-electron chi connectivity index (χ4n) is 5.64. The molecule has 2 fully saturated rings. The van der Waals surface area contributed by atoms with Gasteiger partial charge >= 0.3 is 0 Å². The second-order valence-electron chi connectivity index (χ2n) is 9.09. The number of nitro groups is 1. The lowest BCUT2D eigenvalue weighted by molar-refractivity contribution is -0.384. The van der Waals surface area contributed by atoms with E-state index in [9.17, 15) is 28.9 Å². The third kappa shape index (κ3) is 3.38. The molecule has 2 amide bonds. The summed E-state index contributed by atoms with van der Waals surface area (Å²) >= 11 is 5.92.